The highest BCUT2D eigenvalue weighted by Crippen LogP contribution is 2.29. The number of hydrogen-bond donors (Lipinski definition) is 2. The maximum absolute atomic E-state index is 5.78. The van der Waals surface area contributed by atoms with Gasteiger partial charge in [0.15, 0.2) is 0 Å². The van der Waals surface area contributed by atoms with Crippen LogP contribution in [0.5, 0.6) is 0 Å². The van der Waals surface area contributed by atoms with Gasteiger partial charge in [0.05, 0.1) is 35.6 Å². The normalized spacial score (nSPS) is 12.6. The smallest absolute Gasteiger partial charge is 0.0889 e. The molecule has 3 N–H and O–H groups in total. The van der Waals surface area contributed by atoms with Gasteiger partial charge in [0.2, 0.25) is 0 Å². The number of ether oxygens (including phenoxy) is 1. The summed E-state index contributed by atoms with van der Waals surface area (Å²) < 4.78 is 7.96. The zero-order valence-electron chi connectivity index (χ0n) is 12.0. The molecule has 0 spiro atoms. The highest BCUT2D eigenvalue weighted by Gasteiger charge is 2.20. The van der Waals surface area contributed by atoms with Gasteiger partial charge in [-0.1, -0.05) is 12.1 Å². The number of hydrazine groups is 1. The SMILES string of the molecule is COCCn1ncc(Br)c1C(NN)c1ccc(SC)cc1. The highest BCUT2D eigenvalue weighted by molar-refractivity contribution is 9.10. The van der Waals surface area contributed by atoms with Crippen molar-refractivity contribution in [3.63, 3.8) is 0 Å². The second kappa shape index (κ2) is 7.95. The third-order valence-corrected chi connectivity index (χ3v) is 4.58. The topological polar surface area (TPSA) is 65.1 Å². The summed E-state index contributed by atoms with van der Waals surface area (Å²) in [6.07, 6.45) is 3.84. The Labute approximate surface area is 137 Å². The van der Waals surface area contributed by atoms with Crippen LogP contribution in [0.15, 0.2) is 39.8 Å². The number of thioether (sulfide) groups is 1. The van der Waals surface area contributed by atoms with Gasteiger partial charge in [0, 0.05) is 12.0 Å². The van der Waals surface area contributed by atoms with Crippen LogP contribution in [-0.4, -0.2) is 29.8 Å². The molecular weight excluding hydrogens is 352 g/mol. The van der Waals surface area contributed by atoms with Crippen LogP contribution in [0.25, 0.3) is 0 Å². The molecule has 0 fully saturated rings. The first-order valence-corrected chi connectivity index (χ1v) is 8.53. The molecule has 0 radical (unpaired) electrons. The summed E-state index contributed by atoms with van der Waals surface area (Å²) in [5.41, 5.74) is 4.96. The van der Waals surface area contributed by atoms with Crippen molar-refractivity contribution in [2.75, 3.05) is 20.0 Å². The lowest BCUT2D eigenvalue weighted by Crippen LogP contribution is -2.31. The van der Waals surface area contributed by atoms with Crippen molar-refractivity contribution in [1.29, 1.82) is 0 Å². The molecule has 2 aromatic rings. The average molecular weight is 371 g/mol. The molecule has 1 aromatic carbocycles. The monoisotopic (exact) mass is 370 g/mol. The average Bonchev–Trinajstić information content (AvgIpc) is 2.88. The zero-order valence-corrected chi connectivity index (χ0v) is 14.4. The quantitative estimate of drug-likeness (QED) is 0.445. The number of nitrogens with zero attached hydrogens (tertiary/aromatic N) is 2. The minimum absolute atomic E-state index is 0.130. The van der Waals surface area contributed by atoms with E-state index in [0.717, 1.165) is 15.7 Å². The van der Waals surface area contributed by atoms with Gasteiger partial charge in [-0.3, -0.25) is 10.5 Å². The maximum Gasteiger partial charge on any atom is 0.0889 e. The number of benzene rings is 1. The number of nitrogens with two attached hydrogens (primary N) is 1. The minimum Gasteiger partial charge on any atom is -0.383 e. The lowest BCUT2D eigenvalue weighted by Gasteiger charge is -2.19. The molecule has 0 saturated heterocycles. The Hall–Kier alpha value is -0.860. The molecule has 0 amide bonds. The summed E-state index contributed by atoms with van der Waals surface area (Å²) in [6, 6.07) is 8.21. The molecule has 7 heteroatoms. The molecule has 5 nitrogen and oxygen atoms in total. The van der Waals surface area contributed by atoms with E-state index in [9.17, 15) is 0 Å². The van der Waals surface area contributed by atoms with Crippen LogP contribution in [0.2, 0.25) is 0 Å². The predicted octanol–water partition coefficient (Wildman–Crippen LogP) is 2.57. The van der Waals surface area contributed by atoms with Crippen molar-refractivity contribution in [3.8, 4) is 0 Å². The molecule has 0 saturated carbocycles. The number of nitrogens with one attached hydrogen (secondary N) is 1. The molecule has 1 aromatic heterocycles. The van der Waals surface area contributed by atoms with Gasteiger partial charge >= 0.3 is 0 Å². The highest BCUT2D eigenvalue weighted by atomic mass is 79.9. The Morgan fingerprint density at radius 3 is 2.71 bits per heavy atom. The molecule has 1 atom stereocenters. The van der Waals surface area contributed by atoms with E-state index in [1.165, 1.54) is 4.90 Å². The van der Waals surface area contributed by atoms with Crippen molar-refractivity contribution in [2.45, 2.75) is 17.5 Å². The first-order valence-electron chi connectivity index (χ1n) is 6.51. The molecule has 0 aliphatic carbocycles. The second-order valence-corrected chi connectivity index (χ2v) is 6.20. The van der Waals surface area contributed by atoms with Crippen LogP contribution in [0.1, 0.15) is 17.3 Å². The lowest BCUT2D eigenvalue weighted by molar-refractivity contribution is 0.182. The van der Waals surface area contributed by atoms with Crippen molar-refractivity contribution in [2.24, 2.45) is 5.84 Å². The molecule has 2 rings (SSSR count). The first kappa shape index (κ1) is 16.5. The fourth-order valence-corrected chi connectivity index (χ4v) is 3.08. The summed E-state index contributed by atoms with van der Waals surface area (Å²) in [7, 11) is 1.68. The van der Waals surface area contributed by atoms with E-state index in [2.05, 4.69) is 57.0 Å². The third-order valence-electron chi connectivity index (χ3n) is 3.23. The Balaban J connectivity index is 2.33. The number of methoxy groups -OCH3 is 1. The van der Waals surface area contributed by atoms with Crippen LogP contribution in [0.3, 0.4) is 0 Å². The van der Waals surface area contributed by atoms with Crippen LogP contribution >= 0.6 is 27.7 Å². The largest absolute Gasteiger partial charge is 0.383 e. The minimum atomic E-state index is -0.130. The van der Waals surface area contributed by atoms with Gasteiger partial charge < -0.3 is 4.74 Å². The van der Waals surface area contributed by atoms with Gasteiger partial charge in [-0.05, 0) is 39.9 Å². The van der Waals surface area contributed by atoms with E-state index in [-0.39, 0.29) is 6.04 Å². The Bertz CT molecular complexity index is 573. The fourth-order valence-electron chi connectivity index (χ4n) is 2.14. The molecule has 0 aliphatic heterocycles. The number of halogens is 1. The van der Waals surface area contributed by atoms with E-state index in [0.29, 0.717) is 13.2 Å². The molecule has 0 aliphatic rings. The summed E-state index contributed by atoms with van der Waals surface area (Å²) in [4.78, 5) is 1.22. The van der Waals surface area contributed by atoms with Gasteiger partial charge in [0.25, 0.3) is 0 Å². The molecular formula is C14H19BrN4OS. The number of aromatic nitrogens is 2. The fraction of sp³-hybridized carbons (Fsp3) is 0.357. The van der Waals surface area contributed by atoms with Crippen molar-refractivity contribution >= 4 is 27.7 Å². The third kappa shape index (κ3) is 3.87. The molecule has 0 bridgehead atoms. The molecule has 114 valence electrons. The van der Waals surface area contributed by atoms with Crippen LogP contribution in [0, 0.1) is 0 Å². The number of hydrogen-bond acceptors (Lipinski definition) is 5. The van der Waals surface area contributed by atoms with Gasteiger partial charge in [-0.15, -0.1) is 11.8 Å². The van der Waals surface area contributed by atoms with Crippen LogP contribution < -0.4 is 11.3 Å². The molecule has 1 unspecified atom stereocenters. The van der Waals surface area contributed by atoms with E-state index in [1.807, 2.05) is 4.68 Å². The van der Waals surface area contributed by atoms with E-state index in [1.54, 1.807) is 25.1 Å². The summed E-state index contributed by atoms with van der Waals surface area (Å²) in [6.45, 7) is 1.28. The Morgan fingerprint density at radius 2 is 2.14 bits per heavy atom. The Kier molecular flexibility index (Phi) is 6.25. The predicted molar refractivity (Wildman–Crippen MR) is 89.2 cm³/mol. The molecule has 21 heavy (non-hydrogen) atoms. The van der Waals surface area contributed by atoms with E-state index >= 15 is 0 Å². The zero-order chi connectivity index (χ0) is 15.2. The van der Waals surface area contributed by atoms with Crippen molar-refractivity contribution < 1.29 is 4.74 Å². The summed E-state index contributed by atoms with van der Waals surface area (Å²) in [5.74, 6) is 5.78. The van der Waals surface area contributed by atoms with Crippen LogP contribution in [0.4, 0.5) is 0 Å². The molecule has 1 heterocycles. The van der Waals surface area contributed by atoms with Crippen molar-refractivity contribution in [3.05, 3.63) is 46.2 Å². The maximum atomic E-state index is 5.78. The summed E-state index contributed by atoms with van der Waals surface area (Å²) >= 11 is 5.27. The lowest BCUT2D eigenvalue weighted by atomic mass is 10.0. The van der Waals surface area contributed by atoms with Gasteiger partial charge in [-0.2, -0.15) is 5.10 Å². The summed E-state index contributed by atoms with van der Waals surface area (Å²) in [5, 5.41) is 4.37. The van der Waals surface area contributed by atoms with E-state index < -0.39 is 0 Å². The second-order valence-electron chi connectivity index (χ2n) is 4.47. The van der Waals surface area contributed by atoms with Gasteiger partial charge in [-0.25, -0.2) is 5.43 Å². The van der Waals surface area contributed by atoms with Crippen molar-refractivity contribution in [1.82, 2.24) is 15.2 Å². The Morgan fingerprint density at radius 1 is 1.43 bits per heavy atom. The standard InChI is InChI=1S/C14H19BrN4OS/c1-20-8-7-19-14(12(15)9-17-19)13(18-16)10-3-5-11(21-2)6-4-10/h3-6,9,13,18H,7-8,16H2,1-2H3. The van der Waals surface area contributed by atoms with Crippen LogP contribution in [-0.2, 0) is 11.3 Å². The van der Waals surface area contributed by atoms with E-state index in [4.69, 9.17) is 10.6 Å². The first-order chi connectivity index (χ1) is 10.2. The number of rotatable bonds is 7. The van der Waals surface area contributed by atoms with Gasteiger partial charge in [0.1, 0.15) is 0 Å².